The van der Waals surface area contributed by atoms with Crippen LogP contribution in [-0.2, 0) is 14.3 Å². The van der Waals surface area contributed by atoms with Crippen LogP contribution < -0.4 is 0 Å². The van der Waals surface area contributed by atoms with Crippen molar-refractivity contribution >= 4 is 5.97 Å². The molecule has 0 aliphatic carbocycles. The van der Waals surface area contributed by atoms with Crippen molar-refractivity contribution < 1.29 is 34.7 Å². The minimum Gasteiger partial charge on any atom is -0.455 e. The van der Waals surface area contributed by atoms with Crippen molar-refractivity contribution in [1.29, 1.82) is 0 Å². The van der Waals surface area contributed by atoms with Gasteiger partial charge in [0.05, 0.1) is 36.6 Å². The number of carbonyl (C=O) groups excluding carboxylic acids is 1. The highest BCUT2D eigenvalue weighted by Gasteiger charge is 2.34. The summed E-state index contributed by atoms with van der Waals surface area (Å²) in [5, 5.41) is 41.7. The molecule has 256 valence electrons. The average molecular weight is 623 g/mol. The number of cyclic esters (lactones) is 1. The van der Waals surface area contributed by atoms with Crippen LogP contribution in [0.4, 0.5) is 0 Å². The van der Waals surface area contributed by atoms with Gasteiger partial charge in [0.15, 0.2) is 0 Å². The van der Waals surface area contributed by atoms with Crippen LogP contribution in [0.1, 0.15) is 162 Å². The summed E-state index contributed by atoms with van der Waals surface area (Å²) in [4.78, 5) is 11.7. The molecule has 1 saturated heterocycles. The minimum absolute atomic E-state index is 0.182. The van der Waals surface area contributed by atoms with E-state index in [1.165, 1.54) is 51.4 Å². The third kappa shape index (κ3) is 17.4. The van der Waals surface area contributed by atoms with Crippen molar-refractivity contribution in [1.82, 2.24) is 0 Å². The maximum absolute atomic E-state index is 11.7. The Balaban J connectivity index is 1.42. The van der Waals surface area contributed by atoms with E-state index >= 15 is 0 Å². The Morgan fingerprint density at radius 1 is 0.705 bits per heavy atom. The molecular formula is C37H66O7. The molecule has 0 saturated carbocycles. The van der Waals surface area contributed by atoms with Crippen molar-refractivity contribution in [2.24, 2.45) is 0 Å². The number of hydrogen-bond donors (Lipinski definition) is 4. The number of aliphatic hydroxyl groups is 4. The minimum atomic E-state index is -0.533. The lowest BCUT2D eigenvalue weighted by molar-refractivity contribution is -0.139. The van der Waals surface area contributed by atoms with Crippen LogP contribution in [0.5, 0.6) is 0 Å². The largest absolute Gasteiger partial charge is 0.455 e. The fourth-order valence-electron chi connectivity index (χ4n) is 6.48. The predicted octanol–water partition coefficient (Wildman–Crippen LogP) is 7.62. The standard InChI is InChI=1S/C37H66O7/c1-3-4-5-6-7-8-9-10-11-12-13-17-23-33(40)35-25-26-36(44-35)34(41)24-19-18-21-31(38)20-15-14-16-22-32(39)28-30-27-29(2)43-37(30)42/h12-13,27,29,31-36,38-41H,3-11,14-26,28H2,1-2H3/b13-12-/t29-,31-,32+,33-,34-,35-,36-/m1/s1. The summed E-state index contributed by atoms with van der Waals surface area (Å²) in [6, 6.07) is 0. The van der Waals surface area contributed by atoms with Gasteiger partial charge in [-0.25, -0.2) is 4.79 Å². The first-order valence-electron chi connectivity index (χ1n) is 18.2. The molecule has 0 unspecified atom stereocenters. The van der Waals surface area contributed by atoms with Gasteiger partial charge >= 0.3 is 5.97 Å². The van der Waals surface area contributed by atoms with E-state index in [9.17, 15) is 25.2 Å². The van der Waals surface area contributed by atoms with E-state index in [2.05, 4.69) is 19.1 Å². The first-order chi connectivity index (χ1) is 21.3. The summed E-state index contributed by atoms with van der Waals surface area (Å²) in [6.45, 7) is 4.07. The smallest absolute Gasteiger partial charge is 0.334 e. The number of esters is 1. The predicted molar refractivity (Wildman–Crippen MR) is 177 cm³/mol. The number of unbranched alkanes of at least 4 members (excludes halogenated alkanes) is 11. The summed E-state index contributed by atoms with van der Waals surface area (Å²) in [5.41, 5.74) is 0.574. The molecule has 7 heteroatoms. The fourth-order valence-corrected chi connectivity index (χ4v) is 6.48. The molecular weight excluding hydrogens is 556 g/mol. The molecule has 2 heterocycles. The Kier molecular flexibility index (Phi) is 21.2. The summed E-state index contributed by atoms with van der Waals surface area (Å²) < 4.78 is 11.1. The first-order valence-corrected chi connectivity index (χ1v) is 18.2. The second-order valence-corrected chi connectivity index (χ2v) is 13.5. The summed E-state index contributed by atoms with van der Waals surface area (Å²) >= 11 is 0. The Hall–Kier alpha value is -1.25. The average Bonchev–Trinajstić information content (AvgIpc) is 3.61. The van der Waals surface area contributed by atoms with Crippen LogP contribution in [0.2, 0.25) is 0 Å². The van der Waals surface area contributed by atoms with Gasteiger partial charge in [-0.2, -0.15) is 0 Å². The van der Waals surface area contributed by atoms with Crippen molar-refractivity contribution in [2.45, 2.75) is 204 Å². The Bertz CT molecular complexity index is 797. The monoisotopic (exact) mass is 622 g/mol. The SMILES string of the molecule is CCCCCCCCCC/C=C\CC[C@@H](O)[C@H]1CC[C@H]([C@H](O)CCCC[C@H](O)CCCCC[C@H](O)CC2=C[C@@H](C)OC2=O)O1. The molecule has 0 spiro atoms. The zero-order valence-corrected chi connectivity index (χ0v) is 28.1. The van der Waals surface area contributed by atoms with Gasteiger partial charge in [0.1, 0.15) is 6.10 Å². The molecule has 2 aliphatic rings. The molecule has 0 radical (unpaired) electrons. The highest BCUT2D eigenvalue weighted by molar-refractivity contribution is 5.90. The van der Waals surface area contributed by atoms with E-state index in [0.29, 0.717) is 31.3 Å². The Labute approximate surface area is 268 Å². The van der Waals surface area contributed by atoms with Gasteiger partial charge in [-0.05, 0) is 77.2 Å². The maximum atomic E-state index is 11.7. The quantitative estimate of drug-likeness (QED) is 0.0423. The normalized spacial score (nSPS) is 23.2. The maximum Gasteiger partial charge on any atom is 0.334 e. The summed E-state index contributed by atoms with van der Waals surface area (Å²) in [6.07, 6.45) is 26.3. The van der Waals surface area contributed by atoms with Crippen LogP contribution in [0.25, 0.3) is 0 Å². The van der Waals surface area contributed by atoms with Gasteiger partial charge in [0, 0.05) is 12.0 Å². The van der Waals surface area contributed by atoms with E-state index in [-0.39, 0.29) is 30.4 Å². The van der Waals surface area contributed by atoms with E-state index in [4.69, 9.17) is 9.47 Å². The molecule has 4 N–H and O–H groups in total. The number of carbonyl (C=O) groups is 1. The number of aliphatic hydroxyl groups excluding tert-OH is 4. The third-order valence-electron chi connectivity index (χ3n) is 9.27. The molecule has 0 aromatic heterocycles. The summed E-state index contributed by atoms with van der Waals surface area (Å²) in [7, 11) is 0. The van der Waals surface area contributed by atoms with E-state index < -0.39 is 18.3 Å². The molecule has 7 nitrogen and oxygen atoms in total. The van der Waals surface area contributed by atoms with Crippen LogP contribution >= 0.6 is 0 Å². The van der Waals surface area contributed by atoms with Gasteiger partial charge in [0.25, 0.3) is 0 Å². The van der Waals surface area contributed by atoms with Crippen molar-refractivity contribution in [2.75, 3.05) is 0 Å². The van der Waals surface area contributed by atoms with Crippen LogP contribution in [0.15, 0.2) is 23.8 Å². The molecule has 0 amide bonds. The molecule has 0 aromatic rings. The molecule has 44 heavy (non-hydrogen) atoms. The summed E-state index contributed by atoms with van der Waals surface area (Å²) in [5.74, 6) is -0.316. The fraction of sp³-hybridized carbons (Fsp3) is 0.865. The van der Waals surface area contributed by atoms with Crippen molar-refractivity contribution in [3.05, 3.63) is 23.8 Å². The zero-order valence-electron chi connectivity index (χ0n) is 28.1. The molecule has 2 aliphatic heterocycles. The van der Waals surface area contributed by atoms with E-state index in [1.54, 1.807) is 6.08 Å². The van der Waals surface area contributed by atoms with Gasteiger partial charge < -0.3 is 29.9 Å². The molecule has 7 atom stereocenters. The molecule has 1 fully saturated rings. The lowest BCUT2D eigenvalue weighted by Crippen LogP contribution is -2.31. The molecule has 0 bridgehead atoms. The topological polar surface area (TPSA) is 116 Å². The highest BCUT2D eigenvalue weighted by Crippen LogP contribution is 2.28. The van der Waals surface area contributed by atoms with Gasteiger partial charge in [-0.3, -0.25) is 0 Å². The van der Waals surface area contributed by atoms with Crippen LogP contribution in [0.3, 0.4) is 0 Å². The van der Waals surface area contributed by atoms with E-state index in [1.807, 2.05) is 6.92 Å². The number of rotatable bonds is 27. The van der Waals surface area contributed by atoms with Gasteiger partial charge in [-0.15, -0.1) is 0 Å². The second kappa shape index (κ2) is 24.0. The molecule has 2 rings (SSSR count). The van der Waals surface area contributed by atoms with Gasteiger partial charge in [0.2, 0.25) is 0 Å². The Morgan fingerprint density at radius 2 is 1.23 bits per heavy atom. The van der Waals surface area contributed by atoms with E-state index in [0.717, 1.165) is 70.6 Å². The Morgan fingerprint density at radius 3 is 1.86 bits per heavy atom. The van der Waals surface area contributed by atoms with Crippen molar-refractivity contribution in [3.8, 4) is 0 Å². The van der Waals surface area contributed by atoms with Gasteiger partial charge in [-0.1, -0.05) is 96.1 Å². The first kappa shape index (κ1) is 38.9. The number of allylic oxidation sites excluding steroid dienone is 2. The lowest BCUT2D eigenvalue weighted by atomic mass is 9.99. The van der Waals surface area contributed by atoms with Crippen molar-refractivity contribution in [3.63, 3.8) is 0 Å². The second-order valence-electron chi connectivity index (χ2n) is 13.5. The lowest BCUT2D eigenvalue weighted by Gasteiger charge is -2.22. The van der Waals surface area contributed by atoms with Crippen LogP contribution in [-0.4, -0.2) is 69.1 Å². The number of hydrogen-bond acceptors (Lipinski definition) is 7. The number of ether oxygens (including phenoxy) is 2. The zero-order chi connectivity index (χ0) is 32.0. The van der Waals surface area contributed by atoms with Crippen LogP contribution in [0, 0.1) is 0 Å². The molecule has 0 aromatic carbocycles. The third-order valence-corrected chi connectivity index (χ3v) is 9.27. The highest BCUT2D eigenvalue weighted by atomic mass is 16.5.